The maximum atomic E-state index is 10.7. The number of carbonyl (C=O) groups is 1. The molecule has 1 fully saturated rings. The van der Waals surface area contributed by atoms with Crippen LogP contribution in [0.3, 0.4) is 0 Å². The second-order valence-corrected chi connectivity index (χ2v) is 3.80. The topological polar surface area (TPSA) is 37.3 Å². The number of hydrogen-bond donors (Lipinski definition) is 1. The van der Waals surface area contributed by atoms with E-state index in [0.717, 1.165) is 12.8 Å². The predicted molar refractivity (Wildman–Crippen MR) is 52.4 cm³/mol. The monoisotopic (exact) mass is 180 g/mol. The van der Waals surface area contributed by atoms with Crippen molar-refractivity contribution >= 4 is 5.97 Å². The second-order valence-electron chi connectivity index (χ2n) is 3.80. The highest BCUT2D eigenvalue weighted by molar-refractivity contribution is 5.86. The Bertz CT molecular complexity index is 242. The molecule has 3 atom stereocenters. The van der Waals surface area contributed by atoms with Crippen molar-refractivity contribution in [2.24, 2.45) is 17.8 Å². The number of allylic oxidation sites excluding steroid dienone is 1. The van der Waals surface area contributed by atoms with Gasteiger partial charge in [-0.05, 0) is 30.6 Å². The number of carboxylic acids is 1. The first-order valence-corrected chi connectivity index (χ1v) is 4.62. The van der Waals surface area contributed by atoms with E-state index >= 15 is 0 Å². The molecule has 1 saturated carbocycles. The van der Waals surface area contributed by atoms with Gasteiger partial charge in [0.15, 0.2) is 0 Å². The van der Waals surface area contributed by atoms with Crippen molar-refractivity contribution in [2.75, 3.05) is 0 Å². The summed E-state index contributed by atoms with van der Waals surface area (Å²) in [6.45, 7) is 9.51. The maximum absolute atomic E-state index is 10.7. The molecule has 0 bridgehead atoms. The Balaban J connectivity index is 2.76. The van der Waals surface area contributed by atoms with Gasteiger partial charge in [0.1, 0.15) is 0 Å². The van der Waals surface area contributed by atoms with Gasteiger partial charge in [-0.3, -0.25) is 0 Å². The van der Waals surface area contributed by atoms with E-state index in [4.69, 9.17) is 5.11 Å². The van der Waals surface area contributed by atoms with Gasteiger partial charge in [-0.15, -0.1) is 6.58 Å². The molecule has 0 aromatic heterocycles. The van der Waals surface area contributed by atoms with E-state index in [9.17, 15) is 4.79 Å². The Morgan fingerprint density at radius 3 is 2.62 bits per heavy atom. The van der Waals surface area contributed by atoms with Crippen molar-refractivity contribution < 1.29 is 9.90 Å². The van der Waals surface area contributed by atoms with Crippen molar-refractivity contribution in [1.82, 2.24) is 0 Å². The molecule has 2 heteroatoms. The first-order valence-electron chi connectivity index (χ1n) is 4.62. The molecule has 0 aliphatic heterocycles. The molecule has 0 amide bonds. The average Bonchev–Trinajstić information content (AvgIpc) is 2.45. The summed E-state index contributed by atoms with van der Waals surface area (Å²) >= 11 is 0. The zero-order valence-corrected chi connectivity index (χ0v) is 7.99. The number of hydrogen-bond acceptors (Lipinski definition) is 1. The standard InChI is InChI=1S/C11H16O2/c1-4-9-7(2)5-6-10(9)8(3)11(12)13/h4,7,9-10H,1,3,5-6H2,2H3,(H,12,13)/t7-,9-,10-/m0/s1. The Hall–Kier alpha value is -1.05. The van der Waals surface area contributed by atoms with Crippen molar-refractivity contribution in [1.29, 1.82) is 0 Å². The van der Waals surface area contributed by atoms with Gasteiger partial charge in [0, 0.05) is 5.57 Å². The molecule has 0 aromatic rings. The summed E-state index contributed by atoms with van der Waals surface area (Å²) < 4.78 is 0. The molecule has 0 aromatic carbocycles. The normalized spacial score (nSPS) is 32.8. The Morgan fingerprint density at radius 2 is 2.15 bits per heavy atom. The van der Waals surface area contributed by atoms with Crippen molar-refractivity contribution in [2.45, 2.75) is 19.8 Å². The first kappa shape index (κ1) is 10.0. The average molecular weight is 180 g/mol. The minimum atomic E-state index is -0.869. The van der Waals surface area contributed by atoms with E-state index in [-0.39, 0.29) is 5.92 Å². The van der Waals surface area contributed by atoms with Crippen LogP contribution in [0.1, 0.15) is 19.8 Å². The zero-order chi connectivity index (χ0) is 10.0. The van der Waals surface area contributed by atoms with Gasteiger partial charge in [0.05, 0.1) is 0 Å². The Labute approximate surface area is 79.0 Å². The molecular formula is C11H16O2. The lowest BCUT2D eigenvalue weighted by Gasteiger charge is -2.18. The molecule has 1 rings (SSSR count). The molecule has 0 unspecified atom stereocenters. The Kier molecular flexibility index (Phi) is 2.91. The highest BCUT2D eigenvalue weighted by atomic mass is 16.4. The van der Waals surface area contributed by atoms with E-state index in [1.807, 2.05) is 6.08 Å². The molecule has 1 aliphatic rings. The lowest BCUT2D eigenvalue weighted by Crippen LogP contribution is -2.17. The first-order chi connectivity index (χ1) is 6.07. The van der Waals surface area contributed by atoms with Gasteiger partial charge >= 0.3 is 5.97 Å². The summed E-state index contributed by atoms with van der Waals surface area (Å²) in [6, 6.07) is 0. The molecule has 72 valence electrons. The van der Waals surface area contributed by atoms with E-state index in [0.29, 0.717) is 17.4 Å². The van der Waals surface area contributed by atoms with Crippen molar-refractivity contribution in [3.05, 3.63) is 24.8 Å². The second kappa shape index (κ2) is 3.77. The lowest BCUT2D eigenvalue weighted by atomic mass is 9.86. The molecule has 0 radical (unpaired) electrons. The SMILES string of the molecule is C=C[C@H]1[C@@H](C)CC[C@H]1C(=C)C(=O)O. The Morgan fingerprint density at radius 1 is 1.54 bits per heavy atom. The van der Waals surface area contributed by atoms with E-state index in [1.165, 1.54) is 0 Å². The lowest BCUT2D eigenvalue weighted by molar-refractivity contribution is -0.133. The third-order valence-electron chi connectivity index (χ3n) is 3.05. The van der Waals surface area contributed by atoms with Crippen LogP contribution in [0.5, 0.6) is 0 Å². The van der Waals surface area contributed by atoms with Gasteiger partial charge in [-0.1, -0.05) is 19.6 Å². The number of carboxylic acid groups (broad SMARTS) is 1. The highest BCUT2D eigenvalue weighted by Gasteiger charge is 2.34. The minimum absolute atomic E-state index is 0.102. The zero-order valence-electron chi connectivity index (χ0n) is 7.99. The minimum Gasteiger partial charge on any atom is -0.478 e. The highest BCUT2D eigenvalue weighted by Crippen LogP contribution is 2.40. The maximum Gasteiger partial charge on any atom is 0.331 e. The number of rotatable bonds is 3. The summed E-state index contributed by atoms with van der Waals surface area (Å²) in [5.74, 6) is 0.0677. The third kappa shape index (κ3) is 1.82. The summed E-state index contributed by atoms with van der Waals surface area (Å²) in [5, 5.41) is 8.81. The fraction of sp³-hybridized carbons (Fsp3) is 0.545. The summed E-state index contributed by atoms with van der Waals surface area (Å²) in [7, 11) is 0. The molecule has 0 spiro atoms. The molecule has 0 heterocycles. The van der Waals surface area contributed by atoms with Crippen LogP contribution in [0.4, 0.5) is 0 Å². The van der Waals surface area contributed by atoms with Crippen LogP contribution in [0.2, 0.25) is 0 Å². The largest absolute Gasteiger partial charge is 0.478 e. The van der Waals surface area contributed by atoms with Gasteiger partial charge in [0.25, 0.3) is 0 Å². The van der Waals surface area contributed by atoms with E-state index in [1.54, 1.807) is 0 Å². The molecule has 0 saturated heterocycles. The van der Waals surface area contributed by atoms with Crippen LogP contribution in [0.15, 0.2) is 24.8 Å². The fourth-order valence-electron chi connectivity index (χ4n) is 2.19. The van der Waals surface area contributed by atoms with Crippen LogP contribution in [0, 0.1) is 17.8 Å². The third-order valence-corrected chi connectivity index (χ3v) is 3.05. The van der Waals surface area contributed by atoms with Crippen LogP contribution >= 0.6 is 0 Å². The fourth-order valence-corrected chi connectivity index (χ4v) is 2.19. The molecule has 1 N–H and O–H groups in total. The van der Waals surface area contributed by atoms with Crippen LogP contribution < -0.4 is 0 Å². The van der Waals surface area contributed by atoms with Crippen molar-refractivity contribution in [3.63, 3.8) is 0 Å². The van der Waals surface area contributed by atoms with Gasteiger partial charge < -0.3 is 5.11 Å². The van der Waals surface area contributed by atoms with Gasteiger partial charge in [-0.25, -0.2) is 4.79 Å². The quantitative estimate of drug-likeness (QED) is 0.535. The molecular weight excluding hydrogens is 164 g/mol. The van der Waals surface area contributed by atoms with E-state index < -0.39 is 5.97 Å². The smallest absolute Gasteiger partial charge is 0.331 e. The molecule has 1 aliphatic carbocycles. The van der Waals surface area contributed by atoms with E-state index in [2.05, 4.69) is 20.1 Å². The molecule has 2 nitrogen and oxygen atoms in total. The van der Waals surface area contributed by atoms with Crippen molar-refractivity contribution in [3.8, 4) is 0 Å². The predicted octanol–water partition coefficient (Wildman–Crippen LogP) is 2.48. The van der Waals surface area contributed by atoms with Gasteiger partial charge in [0.2, 0.25) is 0 Å². The summed E-state index contributed by atoms with van der Waals surface area (Å²) in [6.07, 6.45) is 3.88. The van der Waals surface area contributed by atoms with Crippen LogP contribution in [0.25, 0.3) is 0 Å². The summed E-state index contributed by atoms with van der Waals surface area (Å²) in [4.78, 5) is 10.7. The number of aliphatic carboxylic acids is 1. The summed E-state index contributed by atoms with van der Waals surface area (Å²) in [5.41, 5.74) is 0.342. The molecule has 13 heavy (non-hydrogen) atoms. The van der Waals surface area contributed by atoms with Gasteiger partial charge in [-0.2, -0.15) is 0 Å². The van der Waals surface area contributed by atoms with Crippen LogP contribution in [-0.4, -0.2) is 11.1 Å². The van der Waals surface area contributed by atoms with Crippen LogP contribution in [-0.2, 0) is 4.79 Å².